The molecule has 1 amide bonds. The Morgan fingerprint density at radius 2 is 0.822 bits per heavy atom. The second-order valence-electron chi connectivity index (χ2n) is 21.0. The summed E-state index contributed by atoms with van der Waals surface area (Å²) in [4.78, 5) is 23.3. The molecule has 0 radical (unpaired) electrons. The van der Waals surface area contributed by atoms with Crippen molar-refractivity contribution in [2.24, 2.45) is 0 Å². The van der Waals surface area contributed by atoms with Crippen molar-refractivity contribution in [3.8, 4) is 0 Å². The number of phosphoric ester groups is 1. The minimum atomic E-state index is -4.36. The van der Waals surface area contributed by atoms with E-state index >= 15 is 0 Å². The standard InChI is InChI=1S/C64H113N2O6P/c1-6-8-10-12-14-16-18-20-22-24-26-28-29-30-31-32-33-34-35-36-37-38-40-42-44-46-48-50-52-54-56-58-64(68)65-62(61-72-73(69,70)71-60-59-66(3,4)5)63(67)57-55-53-51-49-47-45-43-41-39-27-25-23-21-19-17-15-13-11-9-7-2/h8,10,14,16,20,22,26,28,30-31,33-34,36-37,40,42,55,57,62-63,67H,6-7,9,11-13,15,17-19,21,23-25,27,29,32,35,38-39,41,43-54,56,58-61H2,1-5H3,(H-,65,68,69,70)/p+1/b10-8-,16-14-,22-20-,28-26-,31-30-,34-33-,37-36-,42-40-,57-55+. The van der Waals surface area contributed by atoms with E-state index in [2.05, 4.69) is 116 Å². The molecule has 0 saturated heterocycles. The fourth-order valence-corrected chi connectivity index (χ4v) is 8.85. The molecule has 420 valence electrons. The molecule has 8 nitrogen and oxygen atoms in total. The zero-order valence-corrected chi connectivity index (χ0v) is 48.7. The van der Waals surface area contributed by atoms with Gasteiger partial charge >= 0.3 is 7.82 Å². The van der Waals surface area contributed by atoms with Crippen LogP contribution in [0.1, 0.15) is 239 Å². The second-order valence-corrected chi connectivity index (χ2v) is 22.4. The maximum Gasteiger partial charge on any atom is 0.472 e. The number of nitrogens with zero attached hydrogens (tertiary/aromatic N) is 1. The Morgan fingerprint density at radius 3 is 1.21 bits per heavy atom. The Hall–Kier alpha value is -2.84. The van der Waals surface area contributed by atoms with Crippen LogP contribution in [0.3, 0.4) is 0 Å². The number of aliphatic hydroxyl groups excluding tert-OH is 1. The van der Waals surface area contributed by atoms with Crippen molar-refractivity contribution in [3.05, 3.63) is 109 Å². The number of allylic oxidation sites excluding steroid dienone is 17. The van der Waals surface area contributed by atoms with E-state index in [1.54, 1.807) is 6.08 Å². The Morgan fingerprint density at radius 1 is 0.479 bits per heavy atom. The first kappa shape index (κ1) is 70.2. The number of quaternary nitrogens is 1. The van der Waals surface area contributed by atoms with Crippen molar-refractivity contribution in [1.29, 1.82) is 0 Å². The van der Waals surface area contributed by atoms with E-state index in [4.69, 9.17) is 9.05 Å². The molecule has 0 aromatic rings. The topological polar surface area (TPSA) is 105 Å². The summed E-state index contributed by atoms with van der Waals surface area (Å²) >= 11 is 0. The number of hydrogen-bond acceptors (Lipinski definition) is 5. The Balaban J connectivity index is 4.27. The third-order valence-corrected chi connectivity index (χ3v) is 13.7. The summed E-state index contributed by atoms with van der Waals surface area (Å²) in [5.41, 5.74) is 0. The van der Waals surface area contributed by atoms with Gasteiger partial charge in [0.1, 0.15) is 13.2 Å². The molecule has 0 rings (SSSR count). The summed E-state index contributed by atoms with van der Waals surface area (Å²) in [7, 11) is 1.55. The van der Waals surface area contributed by atoms with Crippen LogP contribution in [0.2, 0.25) is 0 Å². The quantitative estimate of drug-likeness (QED) is 0.0243. The smallest absolute Gasteiger partial charge is 0.387 e. The Kier molecular flexibility index (Phi) is 51.9. The first-order valence-electron chi connectivity index (χ1n) is 29.8. The zero-order chi connectivity index (χ0) is 53.5. The van der Waals surface area contributed by atoms with Gasteiger partial charge in [-0.05, 0) is 83.5 Å². The van der Waals surface area contributed by atoms with Gasteiger partial charge in [-0.25, -0.2) is 4.57 Å². The van der Waals surface area contributed by atoms with Gasteiger partial charge in [-0.3, -0.25) is 13.8 Å². The lowest BCUT2D eigenvalue weighted by atomic mass is 10.0. The van der Waals surface area contributed by atoms with Crippen LogP contribution in [0.15, 0.2) is 109 Å². The van der Waals surface area contributed by atoms with Gasteiger partial charge in [0.05, 0.1) is 39.9 Å². The summed E-state index contributed by atoms with van der Waals surface area (Å²) in [6, 6.07) is -0.863. The molecule has 3 atom stereocenters. The molecule has 0 aliphatic rings. The summed E-state index contributed by atoms with van der Waals surface area (Å²) in [5.74, 6) is -0.195. The molecule has 0 aliphatic heterocycles. The summed E-state index contributed by atoms with van der Waals surface area (Å²) in [6.07, 6.45) is 79.0. The van der Waals surface area contributed by atoms with Crippen molar-refractivity contribution >= 4 is 13.7 Å². The normalized spacial score (nSPS) is 14.7. The highest BCUT2D eigenvalue weighted by molar-refractivity contribution is 7.47. The van der Waals surface area contributed by atoms with Crippen molar-refractivity contribution in [3.63, 3.8) is 0 Å². The molecule has 0 aliphatic carbocycles. The number of unbranched alkanes of at least 4 members (excludes halogenated alkanes) is 24. The number of carbonyl (C=O) groups is 1. The molecule has 0 heterocycles. The number of phosphoric acid groups is 1. The summed E-state index contributed by atoms with van der Waals surface area (Å²) < 4.78 is 23.7. The lowest BCUT2D eigenvalue weighted by molar-refractivity contribution is -0.870. The van der Waals surface area contributed by atoms with Crippen LogP contribution in [0.4, 0.5) is 0 Å². The molecule has 9 heteroatoms. The molecule has 0 saturated carbocycles. The van der Waals surface area contributed by atoms with E-state index in [-0.39, 0.29) is 19.1 Å². The molecule has 0 aromatic heterocycles. The first-order valence-corrected chi connectivity index (χ1v) is 31.3. The molecule has 0 fully saturated rings. The van der Waals surface area contributed by atoms with Gasteiger partial charge in [0.2, 0.25) is 5.91 Å². The van der Waals surface area contributed by atoms with Crippen LogP contribution < -0.4 is 5.32 Å². The van der Waals surface area contributed by atoms with Crippen molar-refractivity contribution in [1.82, 2.24) is 5.32 Å². The van der Waals surface area contributed by atoms with E-state index in [0.29, 0.717) is 17.4 Å². The van der Waals surface area contributed by atoms with Crippen LogP contribution in [0.5, 0.6) is 0 Å². The number of carbonyl (C=O) groups excluding carboxylic acids is 1. The molecule has 0 bridgehead atoms. The van der Waals surface area contributed by atoms with E-state index in [0.717, 1.165) is 103 Å². The van der Waals surface area contributed by atoms with Gasteiger partial charge in [-0.2, -0.15) is 0 Å². The maximum absolute atomic E-state index is 13.0. The number of likely N-dealkylation sites (N-methyl/N-ethyl adjacent to an activating group) is 1. The van der Waals surface area contributed by atoms with Gasteiger partial charge in [-0.15, -0.1) is 0 Å². The molecule has 0 spiro atoms. The average Bonchev–Trinajstić information content (AvgIpc) is 3.35. The predicted octanol–water partition coefficient (Wildman–Crippen LogP) is 18.4. The number of nitrogens with one attached hydrogen (secondary N) is 1. The molecule has 73 heavy (non-hydrogen) atoms. The van der Waals surface area contributed by atoms with Crippen LogP contribution in [-0.2, 0) is 18.4 Å². The largest absolute Gasteiger partial charge is 0.472 e. The van der Waals surface area contributed by atoms with Gasteiger partial charge < -0.3 is 19.8 Å². The lowest BCUT2D eigenvalue weighted by Crippen LogP contribution is -2.45. The maximum atomic E-state index is 13.0. The molecule has 0 aromatic carbocycles. The highest BCUT2D eigenvalue weighted by atomic mass is 31.2. The number of rotatable bonds is 53. The van der Waals surface area contributed by atoms with Gasteiger partial charge in [0.15, 0.2) is 0 Å². The number of hydrogen-bond donors (Lipinski definition) is 3. The van der Waals surface area contributed by atoms with E-state index in [1.165, 1.54) is 116 Å². The van der Waals surface area contributed by atoms with Crippen molar-refractivity contribution in [2.45, 2.75) is 251 Å². The monoisotopic (exact) mass is 1040 g/mol. The molecular formula is C64H114N2O6P+. The van der Waals surface area contributed by atoms with Gasteiger partial charge in [0.25, 0.3) is 0 Å². The molecule has 3 N–H and O–H groups in total. The highest BCUT2D eigenvalue weighted by Gasteiger charge is 2.27. The van der Waals surface area contributed by atoms with Crippen LogP contribution in [0, 0.1) is 0 Å². The van der Waals surface area contributed by atoms with E-state index in [1.807, 2.05) is 27.2 Å². The first-order chi connectivity index (χ1) is 35.5. The summed E-state index contributed by atoms with van der Waals surface area (Å²) in [5, 5.41) is 13.9. The lowest BCUT2D eigenvalue weighted by Gasteiger charge is -2.25. The van der Waals surface area contributed by atoms with Crippen LogP contribution in [0.25, 0.3) is 0 Å². The van der Waals surface area contributed by atoms with Gasteiger partial charge in [-0.1, -0.05) is 258 Å². The number of aliphatic hydroxyl groups is 1. The molecular weight excluding hydrogens is 924 g/mol. The van der Waals surface area contributed by atoms with Gasteiger partial charge in [0, 0.05) is 6.42 Å². The SMILES string of the molecule is CC/C=C\C/C=C\C/C=C\C/C=C\C/C=C\C/C=C\C/C=C\C/C=C\CCCCCCCCC(=O)NC(COP(=O)(O)OCC[N+](C)(C)C)C(O)/C=C/CCCCCCCCCCCCCCCCCCCC. The Bertz CT molecular complexity index is 1550. The third kappa shape index (κ3) is 56.7. The summed E-state index contributed by atoms with van der Waals surface area (Å²) in [6.45, 7) is 4.69. The fraction of sp³-hybridized carbons (Fsp3) is 0.703. The fourth-order valence-electron chi connectivity index (χ4n) is 8.12. The third-order valence-electron chi connectivity index (χ3n) is 12.7. The van der Waals surface area contributed by atoms with Crippen LogP contribution in [-0.4, -0.2) is 73.4 Å². The second kappa shape index (κ2) is 54.0. The van der Waals surface area contributed by atoms with Crippen molar-refractivity contribution < 1.29 is 32.9 Å². The predicted molar refractivity (Wildman–Crippen MR) is 318 cm³/mol. The van der Waals surface area contributed by atoms with Crippen molar-refractivity contribution in [2.75, 3.05) is 40.9 Å². The average molecular weight is 1040 g/mol. The zero-order valence-electron chi connectivity index (χ0n) is 47.8. The minimum absolute atomic E-state index is 0.0529. The van der Waals surface area contributed by atoms with E-state index < -0.39 is 20.0 Å². The Labute approximate surface area is 451 Å². The van der Waals surface area contributed by atoms with E-state index in [9.17, 15) is 19.4 Å². The minimum Gasteiger partial charge on any atom is -0.387 e. The molecule has 3 unspecified atom stereocenters. The van der Waals surface area contributed by atoms with Crippen LogP contribution >= 0.6 is 7.82 Å². The number of amides is 1. The highest BCUT2D eigenvalue weighted by Crippen LogP contribution is 2.43.